The molecule has 0 saturated heterocycles. The molecule has 1 aromatic carbocycles. The lowest BCUT2D eigenvalue weighted by Crippen LogP contribution is -2.41. The molecule has 0 aliphatic heterocycles. The minimum Gasteiger partial charge on any atom is -0.377 e. The molecule has 0 amide bonds. The first-order chi connectivity index (χ1) is 8.63. The van der Waals surface area contributed by atoms with Crippen LogP contribution in [0.5, 0.6) is 0 Å². The van der Waals surface area contributed by atoms with E-state index in [1.807, 2.05) is 20.0 Å². The molecule has 0 aromatic heterocycles. The first kappa shape index (κ1) is 15.4. The van der Waals surface area contributed by atoms with E-state index in [4.69, 9.17) is 16.3 Å². The molecule has 0 bridgehead atoms. The zero-order chi connectivity index (χ0) is 13.5. The molecule has 102 valence electrons. The topological polar surface area (TPSA) is 21.3 Å². The van der Waals surface area contributed by atoms with Gasteiger partial charge in [-0.05, 0) is 38.4 Å². The Balaban J connectivity index is 2.81. The SMILES string of the molecule is CCOC(CC)C(Cc1cccc(F)c1Cl)NC. The van der Waals surface area contributed by atoms with Crippen LogP contribution in [0.15, 0.2) is 18.2 Å². The average Bonchev–Trinajstić information content (AvgIpc) is 2.38. The van der Waals surface area contributed by atoms with Crippen LogP contribution in [0.3, 0.4) is 0 Å². The smallest absolute Gasteiger partial charge is 0.142 e. The second-order valence-electron chi connectivity index (χ2n) is 4.21. The van der Waals surface area contributed by atoms with Crippen LogP contribution in [-0.2, 0) is 11.2 Å². The molecule has 4 heteroatoms. The zero-order valence-corrected chi connectivity index (χ0v) is 11.9. The number of halogens is 2. The predicted molar refractivity (Wildman–Crippen MR) is 73.7 cm³/mol. The summed E-state index contributed by atoms with van der Waals surface area (Å²) in [4.78, 5) is 0. The van der Waals surface area contributed by atoms with E-state index in [9.17, 15) is 4.39 Å². The van der Waals surface area contributed by atoms with Crippen molar-refractivity contribution in [1.29, 1.82) is 0 Å². The number of likely N-dealkylation sites (N-methyl/N-ethyl adjacent to an activating group) is 1. The fraction of sp³-hybridized carbons (Fsp3) is 0.571. The van der Waals surface area contributed by atoms with Gasteiger partial charge in [0.25, 0.3) is 0 Å². The maximum atomic E-state index is 13.4. The lowest BCUT2D eigenvalue weighted by molar-refractivity contribution is 0.0339. The standard InChI is InChI=1S/C14H21ClFNO/c1-4-13(18-5-2)12(17-3)9-10-7-6-8-11(16)14(10)15/h6-8,12-13,17H,4-5,9H2,1-3H3. The Morgan fingerprint density at radius 2 is 2.11 bits per heavy atom. The third kappa shape index (κ3) is 3.94. The van der Waals surface area contributed by atoms with Crippen molar-refractivity contribution in [3.05, 3.63) is 34.6 Å². The van der Waals surface area contributed by atoms with Crippen LogP contribution < -0.4 is 5.32 Å². The molecule has 1 N–H and O–H groups in total. The van der Waals surface area contributed by atoms with Crippen LogP contribution in [-0.4, -0.2) is 25.8 Å². The quantitative estimate of drug-likeness (QED) is 0.822. The van der Waals surface area contributed by atoms with Gasteiger partial charge in [0, 0.05) is 12.6 Å². The number of rotatable bonds is 7. The average molecular weight is 274 g/mol. The Labute approximate surface area is 113 Å². The second kappa shape index (κ2) is 7.72. The number of benzene rings is 1. The highest BCUT2D eigenvalue weighted by atomic mass is 35.5. The van der Waals surface area contributed by atoms with Crippen molar-refractivity contribution in [1.82, 2.24) is 5.32 Å². The molecule has 1 aromatic rings. The summed E-state index contributed by atoms with van der Waals surface area (Å²) in [6.45, 7) is 4.73. The minimum absolute atomic E-state index is 0.110. The monoisotopic (exact) mass is 273 g/mol. The number of hydrogen-bond donors (Lipinski definition) is 1. The van der Waals surface area contributed by atoms with Crippen molar-refractivity contribution in [2.45, 2.75) is 38.8 Å². The van der Waals surface area contributed by atoms with Crippen molar-refractivity contribution >= 4 is 11.6 Å². The van der Waals surface area contributed by atoms with Crippen LogP contribution >= 0.6 is 11.6 Å². The number of ether oxygens (including phenoxy) is 1. The zero-order valence-electron chi connectivity index (χ0n) is 11.2. The summed E-state index contributed by atoms with van der Waals surface area (Å²) in [5.41, 5.74) is 0.814. The highest BCUT2D eigenvalue weighted by molar-refractivity contribution is 6.31. The summed E-state index contributed by atoms with van der Waals surface area (Å²) in [6.07, 6.45) is 1.68. The van der Waals surface area contributed by atoms with Gasteiger partial charge in [-0.3, -0.25) is 0 Å². The Morgan fingerprint density at radius 1 is 1.39 bits per heavy atom. The minimum atomic E-state index is -0.367. The first-order valence-electron chi connectivity index (χ1n) is 6.35. The Kier molecular flexibility index (Phi) is 6.61. The number of nitrogens with one attached hydrogen (secondary N) is 1. The van der Waals surface area contributed by atoms with Gasteiger partial charge in [0.05, 0.1) is 11.1 Å². The van der Waals surface area contributed by atoms with E-state index in [2.05, 4.69) is 12.2 Å². The van der Waals surface area contributed by atoms with Gasteiger partial charge in [-0.2, -0.15) is 0 Å². The third-order valence-corrected chi connectivity index (χ3v) is 3.50. The van der Waals surface area contributed by atoms with E-state index in [1.165, 1.54) is 6.07 Å². The van der Waals surface area contributed by atoms with Crippen molar-refractivity contribution in [2.24, 2.45) is 0 Å². The van der Waals surface area contributed by atoms with Crippen LogP contribution in [0.4, 0.5) is 4.39 Å². The van der Waals surface area contributed by atoms with Crippen LogP contribution in [0.2, 0.25) is 5.02 Å². The number of hydrogen-bond acceptors (Lipinski definition) is 2. The summed E-state index contributed by atoms with van der Waals surface area (Å²) in [5.74, 6) is -0.367. The fourth-order valence-corrected chi connectivity index (χ4v) is 2.30. The molecule has 0 saturated carbocycles. The van der Waals surface area contributed by atoms with Crippen molar-refractivity contribution in [2.75, 3.05) is 13.7 Å². The maximum absolute atomic E-state index is 13.4. The van der Waals surface area contributed by atoms with Gasteiger partial charge in [0.2, 0.25) is 0 Å². The molecule has 0 aliphatic rings. The van der Waals surface area contributed by atoms with E-state index in [-0.39, 0.29) is 23.0 Å². The van der Waals surface area contributed by atoms with E-state index < -0.39 is 0 Å². The van der Waals surface area contributed by atoms with Gasteiger partial charge in [-0.15, -0.1) is 0 Å². The van der Waals surface area contributed by atoms with Gasteiger partial charge in [-0.1, -0.05) is 30.7 Å². The highest BCUT2D eigenvalue weighted by Crippen LogP contribution is 2.22. The molecule has 2 atom stereocenters. The van der Waals surface area contributed by atoms with Gasteiger partial charge >= 0.3 is 0 Å². The molecular weight excluding hydrogens is 253 g/mol. The van der Waals surface area contributed by atoms with Crippen molar-refractivity contribution in [3.63, 3.8) is 0 Å². The predicted octanol–water partition coefficient (Wildman–Crippen LogP) is 3.42. The summed E-state index contributed by atoms with van der Waals surface area (Å²) in [5, 5.41) is 3.44. The van der Waals surface area contributed by atoms with Crippen molar-refractivity contribution < 1.29 is 9.13 Å². The molecule has 18 heavy (non-hydrogen) atoms. The van der Waals surface area contributed by atoms with E-state index in [0.717, 1.165) is 12.0 Å². The summed E-state index contributed by atoms with van der Waals surface area (Å²) >= 11 is 5.98. The Morgan fingerprint density at radius 3 is 2.67 bits per heavy atom. The van der Waals surface area contributed by atoms with Crippen LogP contribution in [0, 0.1) is 5.82 Å². The molecule has 0 heterocycles. The van der Waals surface area contributed by atoms with E-state index in [1.54, 1.807) is 6.07 Å². The molecule has 0 fully saturated rings. The van der Waals surface area contributed by atoms with Gasteiger partial charge in [-0.25, -0.2) is 4.39 Å². The lowest BCUT2D eigenvalue weighted by Gasteiger charge is -2.26. The van der Waals surface area contributed by atoms with E-state index in [0.29, 0.717) is 13.0 Å². The normalized spacial score (nSPS) is 14.5. The summed E-state index contributed by atoms with van der Waals surface area (Å²) in [7, 11) is 1.89. The first-order valence-corrected chi connectivity index (χ1v) is 6.73. The Hall–Kier alpha value is -0.640. The van der Waals surface area contributed by atoms with Crippen molar-refractivity contribution in [3.8, 4) is 0 Å². The molecule has 0 spiro atoms. The second-order valence-corrected chi connectivity index (χ2v) is 4.59. The highest BCUT2D eigenvalue weighted by Gasteiger charge is 2.20. The van der Waals surface area contributed by atoms with Gasteiger partial charge in [0.15, 0.2) is 0 Å². The molecule has 2 unspecified atom stereocenters. The molecule has 0 aliphatic carbocycles. The molecular formula is C14H21ClFNO. The third-order valence-electron chi connectivity index (χ3n) is 3.07. The molecule has 1 rings (SSSR count). The van der Waals surface area contributed by atoms with Gasteiger partial charge in [0.1, 0.15) is 5.82 Å². The Bertz CT molecular complexity index is 373. The van der Waals surface area contributed by atoms with E-state index >= 15 is 0 Å². The molecule has 0 radical (unpaired) electrons. The fourth-order valence-electron chi connectivity index (χ4n) is 2.10. The summed E-state index contributed by atoms with van der Waals surface area (Å²) in [6, 6.07) is 5.05. The van der Waals surface area contributed by atoms with Gasteiger partial charge < -0.3 is 10.1 Å². The summed E-state index contributed by atoms with van der Waals surface area (Å²) < 4.78 is 19.1. The molecule has 2 nitrogen and oxygen atoms in total. The van der Waals surface area contributed by atoms with Crippen LogP contribution in [0.25, 0.3) is 0 Å². The van der Waals surface area contributed by atoms with Crippen LogP contribution in [0.1, 0.15) is 25.8 Å². The lowest BCUT2D eigenvalue weighted by atomic mass is 9.99. The maximum Gasteiger partial charge on any atom is 0.142 e. The largest absolute Gasteiger partial charge is 0.377 e.